The molecule has 5 nitrogen and oxygen atoms in total. The summed E-state index contributed by atoms with van der Waals surface area (Å²) in [6.45, 7) is 2.03. The van der Waals surface area contributed by atoms with E-state index < -0.39 is 17.6 Å². The minimum Gasteiger partial charge on any atom is -0.326 e. The van der Waals surface area contributed by atoms with Crippen LogP contribution in [0, 0.1) is 6.92 Å². The van der Waals surface area contributed by atoms with E-state index >= 15 is 0 Å². The molecule has 1 amide bonds. The van der Waals surface area contributed by atoms with Crippen LogP contribution in [0.15, 0.2) is 77.9 Å². The monoisotopic (exact) mass is 412 g/mol. The molecule has 0 atom stereocenters. The third-order valence-corrected chi connectivity index (χ3v) is 4.12. The number of amides is 1. The van der Waals surface area contributed by atoms with Crippen LogP contribution >= 0.6 is 0 Å². The molecule has 0 saturated heterocycles. The van der Waals surface area contributed by atoms with Crippen LogP contribution < -0.4 is 10.6 Å². The Morgan fingerprint density at radius 1 is 1.03 bits per heavy atom. The maximum atomic E-state index is 13.0. The number of guanidine groups is 1. The van der Waals surface area contributed by atoms with Crippen molar-refractivity contribution in [2.75, 3.05) is 5.32 Å². The Hall–Kier alpha value is -3.68. The van der Waals surface area contributed by atoms with E-state index in [4.69, 9.17) is 0 Å². The Balaban J connectivity index is 1.83. The quantitative estimate of drug-likeness (QED) is 0.478. The van der Waals surface area contributed by atoms with E-state index in [1.807, 2.05) is 6.92 Å². The average Bonchev–Trinajstić information content (AvgIpc) is 2.73. The predicted octanol–water partition coefficient (Wildman–Crippen LogP) is 4.81. The summed E-state index contributed by atoms with van der Waals surface area (Å²) in [5, 5.41) is 5.38. The first kappa shape index (κ1) is 21.0. The number of benzene rings is 2. The summed E-state index contributed by atoms with van der Waals surface area (Å²) in [5.41, 5.74) is 1.38. The van der Waals surface area contributed by atoms with Crippen molar-refractivity contribution >= 4 is 17.6 Å². The van der Waals surface area contributed by atoms with Gasteiger partial charge in [-0.3, -0.25) is 15.1 Å². The minimum absolute atomic E-state index is 0.0190. The molecular formula is C22H19F3N4O. The van der Waals surface area contributed by atoms with Gasteiger partial charge in [-0.25, -0.2) is 4.99 Å². The van der Waals surface area contributed by atoms with Crippen LogP contribution in [0.3, 0.4) is 0 Å². The number of anilines is 1. The van der Waals surface area contributed by atoms with Crippen molar-refractivity contribution < 1.29 is 18.0 Å². The Kier molecular flexibility index (Phi) is 6.46. The zero-order chi connectivity index (χ0) is 21.6. The predicted molar refractivity (Wildman–Crippen MR) is 109 cm³/mol. The van der Waals surface area contributed by atoms with E-state index in [1.165, 1.54) is 12.1 Å². The first-order valence-corrected chi connectivity index (χ1v) is 9.08. The molecule has 0 bridgehead atoms. The highest BCUT2D eigenvalue weighted by atomic mass is 19.4. The molecule has 0 saturated carbocycles. The van der Waals surface area contributed by atoms with Gasteiger partial charge in [0.25, 0.3) is 5.91 Å². The molecule has 154 valence electrons. The normalized spacial score (nSPS) is 11.8. The lowest BCUT2D eigenvalue weighted by molar-refractivity contribution is -0.137. The number of nitrogens with one attached hydrogen (secondary N) is 2. The van der Waals surface area contributed by atoms with Gasteiger partial charge in [0.2, 0.25) is 5.96 Å². The fraction of sp³-hybridized carbons (Fsp3) is 0.136. The summed E-state index contributed by atoms with van der Waals surface area (Å²) in [4.78, 5) is 21.0. The van der Waals surface area contributed by atoms with E-state index in [2.05, 4.69) is 20.6 Å². The van der Waals surface area contributed by atoms with Crippen molar-refractivity contribution in [3.05, 3.63) is 95.3 Å². The summed E-state index contributed by atoms with van der Waals surface area (Å²) in [7, 11) is 0. The van der Waals surface area contributed by atoms with Crippen LogP contribution in [0.2, 0.25) is 0 Å². The first-order valence-electron chi connectivity index (χ1n) is 9.08. The number of halogens is 3. The molecule has 1 aromatic heterocycles. The van der Waals surface area contributed by atoms with E-state index in [0.717, 1.165) is 17.7 Å². The van der Waals surface area contributed by atoms with Crippen LogP contribution in [-0.2, 0) is 12.7 Å². The summed E-state index contributed by atoms with van der Waals surface area (Å²) in [6.07, 6.45) is -2.87. The van der Waals surface area contributed by atoms with Crippen LogP contribution in [0.5, 0.6) is 0 Å². The van der Waals surface area contributed by atoms with Crippen LogP contribution in [0.25, 0.3) is 0 Å². The fourth-order valence-corrected chi connectivity index (χ4v) is 2.56. The van der Waals surface area contributed by atoms with Crippen molar-refractivity contribution in [3.63, 3.8) is 0 Å². The van der Waals surface area contributed by atoms with Gasteiger partial charge in [-0.15, -0.1) is 0 Å². The summed E-state index contributed by atoms with van der Waals surface area (Å²) in [5.74, 6) is -0.417. The van der Waals surface area contributed by atoms with Crippen LogP contribution in [-0.4, -0.2) is 16.9 Å². The molecule has 30 heavy (non-hydrogen) atoms. The number of alkyl halides is 3. The molecule has 0 aliphatic carbocycles. The summed E-state index contributed by atoms with van der Waals surface area (Å²) in [6, 6.07) is 16.9. The van der Waals surface area contributed by atoms with Gasteiger partial charge in [0.05, 0.1) is 17.8 Å². The van der Waals surface area contributed by atoms with Crippen molar-refractivity contribution in [3.8, 4) is 0 Å². The lowest BCUT2D eigenvalue weighted by atomic mass is 10.1. The molecule has 3 aromatic rings. The van der Waals surface area contributed by atoms with Crippen molar-refractivity contribution in [2.24, 2.45) is 4.99 Å². The maximum absolute atomic E-state index is 13.0. The Labute approximate surface area is 171 Å². The topological polar surface area (TPSA) is 66.4 Å². The van der Waals surface area contributed by atoms with Crippen molar-refractivity contribution in [2.45, 2.75) is 19.6 Å². The molecule has 0 fully saturated rings. The first-order chi connectivity index (χ1) is 14.3. The molecule has 2 N–H and O–H groups in total. The number of pyridine rings is 1. The zero-order valence-electron chi connectivity index (χ0n) is 16.1. The molecule has 1 heterocycles. The zero-order valence-corrected chi connectivity index (χ0v) is 16.1. The molecule has 0 aliphatic heterocycles. The van der Waals surface area contributed by atoms with Gasteiger partial charge >= 0.3 is 6.18 Å². The fourth-order valence-electron chi connectivity index (χ4n) is 2.56. The standard InChI is InChI=1S/C22H19F3N4O/c1-15-8-10-16(11-9-15)20(30)29-21(27-14-19-6-2-3-12-26-19)28-18-7-4-5-17(13-18)22(23,24)25/h2-13H,14H2,1H3,(H2,27,28,29,30). The molecule has 0 unspecified atom stereocenters. The summed E-state index contributed by atoms with van der Waals surface area (Å²) < 4.78 is 39.0. The van der Waals surface area contributed by atoms with Crippen LogP contribution in [0.4, 0.5) is 18.9 Å². The number of aromatic nitrogens is 1. The van der Waals surface area contributed by atoms with E-state index in [0.29, 0.717) is 11.3 Å². The number of aliphatic imine (C=N–C) groups is 1. The lowest BCUT2D eigenvalue weighted by Gasteiger charge is -2.14. The van der Waals surface area contributed by atoms with Gasteiger partial charge in [0.15, 0.2) is 0 Å². The highest BCUT2D eigenvalue weighted by molar-refractivity contribution is 6.09. The van der Waals surface area contributed by atoms with E-state index in [9.17, 15) is 18.0 Å². The minimum atomic E-state index is -4.48. The second-order valence-electron chi connectivity index (χ2n) is 6.51. The number of carbonyl (C=O) groups is 1. The van der Waals surface area contributed by atoms with Gasteiger partial charge in [-0.2, -0.15) is 13.2 Å². The highest BCUT2D eigenvalue weighted by Gasteiger charge is 2.30. The Morgan fingerprint density at radius 2 is 1.80 bits per heavy atom. The SMILES string of the molecule is Cc1ccc(C(=O)NC(=NCc2ccccn2)Nc2cccc(C(F)(F)F)c2)cc1. The van der Waals surface area contributed by atoms with E-state index in [1.54, 1.807) is 48.7 Å². The average molecular weight is 412 g/mol. The molecule has 0 aliphatic rings. The smallest absolute Gasteiger partial charge is 0.326 e. The lowest BCUT2D eigenvalue weighted by Crippen LogP contribution is -2.36. The van der Waals surface area contributed by atoms with Crippen molar-refractivity contribution in [1.29, 1.82) is 0 Å². The molecule has 2 aromatic carbocycles. The molecule has 0 radical (unpaired) electrons. The van der Waals surface area contributed by atoms with Crippen LogP contribution in [0.1, 0.15) is 27.2 Å². The second kappa shape index (κ2) is 9.21. The van der Waals surface area contributed by atoms with Gasteiger partial charge < -0.3 is 5.32 Å². The maximum Gasteiger partial charge on any atom is 0.416 e. The largest absolute Gasteiger partial charge is 0.416 e. The number of nitrogens with zero attached hydrogens (tertiary/aromatic N) is 2. The number of hydrogen-bond acceptors (Lipinski definition) is 3. The molecule has 0 spiro atoms. The number of rotatable bonds is 4. The number of carbonyl (C=O) groups excluding carboxylic acids is 1. The third kappa shape index (κ3) is 5.91. The van der Waals surface area contributed by atoms with Gasteiger partial charge in [-0.1, -0.05) is 29.8 Å². The molecule has 3 rings (SSSR count). The Morgan fingerprint density at radius 3 is 2.47 bits per heavy atom. The van der Waals surface area contributed by atoms with Crippen molar-refractivity contribution in [1.82, 2.24) is 10.3 Å². The molecular weight excluding hydrogens is 393 g/mol. The van der Waals surface area contributed by atoms with Gasteiger partial charge in [0.1, 0.15) is 0 Å². The highest BCUT2D eigenvalue weighted by Crippen LogP contribution is 2.30. The molecule has 8 heteroatoms. The Bertz CT molecular complexity index is 1030. The second-order valence-corrected chi connectivity index (χ2v) is 6.51. The summed E-state index contributed by atoms with van der Waals surface area (Å²) >= 11 is 0. The number of hydrogen-bond donors (Lipinski definition) is 2. The number of aryl methyl sites for hydroxylation is 1. The van der Waals surface area contributed by atoms with Gasteiger partial charge in [-0.05, 0) is 49.4 Å². The van der Waals surface area contributed by atoms with Gasteiger partial charge in [0, 0.05) is 17.4 Å². The van der Waals surface area contributed by atoms with E-state index in [-0.39, 0.29) is 18.2 Å². The third-order valence-electron chi connectivity index (χ3n) is 4.12.